The van der Waals surface area contributed by atoms with Crippen molar-refractivity contribution in [1.82, 2.24) is 14.9 Å². The molecule has 0 radical (unpaired) electrons. The van der Waals surface area contributed by atoms with Crippen molar-refractivity contribution in [2.75, 3.05) is 30.7 Å². The third kappa shape index (κ3) is 5.14. The maximum absolute atomic E-state index is 11.0. The molecule has 0 bridgehead atoms. The molecule has 0 fully saturated rings. The molecule has 21 heavy (non-hydrogen) atoms. The first-order valence-corrected chi connectivity index (χ1v) is 7.23. The molecule has 1 rings (SSSR count). The summed E-state index contributed by atoms with van der Waals surface area (Å²) >= 11 is 0. The molecule has 0 saturated carbocycles. The molecular formula is C13H24N6O2. The first kappa shape index (κ1) is 17.1. The van der Waals surface area contributed by atoms with Gasteiger partial charge in [0.2, 0.25) is 11.6 Å². The first-order chi connectivity index (χ1) is 9.99. The highest BCUT2D eigenvalue weighted by molar-refractivity contribution is 5.67. The Morgan fingerprint density at radius 1 is 1.43 bits per heavy atom. The Morgan fingerprint density at radius 3 is 2.67 bits per heavy atom. The second-order valence-corrected chi connectivity index (χ2v) is 4.93. The fourth-order valence-corrected chi connectivity index (χ4v) is 2.14. The minimum absolute atomic E-state index is 0.0774. The Labute approximate surface area is 124 Å². The van der Waals surface area contributed by atoms with Crippen molar-refractivity contribution in [3.8, 4) is 0 Å². The summed E-state index contributed by atoms with van der Waals surface area (Å²) in [5.74, 6) is 0.0654. The van der Waals surface area contributed by atoms with Crippen LogP contribution in [0, 0.1) is 10.1 Å². The predicted molar refractivity (Wildman–Crippen MR) is 83.2 cm³/mol. The SMILES string of the molecule is CCN(CC)CCC[C@@H](C)Nc1ncnc(N)c1[N+](=O)[O-]. The summed E-state index contributed by atoms with van der Waals surface area (Å²) < 4.78 is 0. The highest BCUT2D eigenvalue weighted by Crippen LogP contribution is 2.27. The molecule has 1 aromatic rings. The number of nitrogens with zero attached hydrogens (tertiary/aromatic N) is 4. The summed E-state index contributed by atoms with van der Waals surface area (Å²) in [6.45, 7) is 9.34. The van der Waals surface area contributed by atoms with Crippen molar-refractivity contribution < 1.29 is 4.92 Å². The van der Waals surface area contributed by atoms with Gasteiger partial charge in [-0.25, -0.2) is 9.97 Å². The molecule has 118 valence electrons. The van der Waals surface area contributed by atoms with Crippen LogP contribution in [0.15, 0.2) is 6.33 Å². The van der Waals surface area contributed by atoms with Crippen LogP contribution in [0.5, 0.6) is 0 Å². The molecule has 1 atom stereocenters. The van der Waals surface area contributed by atoms with Crippen molar-refractivity contribution in [2.24, 2.45) is 0 Å². The van der Waals surface area contributed by atoms with Gasteiger partial charge in [0.25, 0.3) is 0 Å². The van der Waals surface area contributed by atoms with E-state index in [1.54, 1.807) is 0 Å². The van der Waals surface area contributed by atoms with E-state index in [0.29, 0.717) is 0 Å². The molecule has 1 aromatic heterocycles. The predicted octanol–water partition coefficient (Wildman–Crippen LogP) is 1.89. The summed E-state index contributed by atoms with van der Waals surface area (Å²) in [7, 11) is 0. The van der Waals surface area contributed by atoms with E-state index in [2.05, 4.69) is 34.0 Å². The van der Waals surface area contributed by atoms with E-state index in [1.165, 1.54) is 6.33 Å². The van der Waals surface area contributed by atoms with E-state index in [0.717, 1.165) is 32.5 Å². The monoisotopic (exact) mass is 296 g/mol. The standard InChI is InChI=1S/C13H24N6O2/c1-4-18(5-2)8-6-7-10(3)17-13-11(19(20)21)12(14)15-9-16-13/h9-10H,4-8H2,1-3H3,(H3,14,15,16,17)/t10-/m1/s1. The number of nitrogens with one attached hydrogen (secondary N) is 1. The zero-order valence-corrected chi connectivity index (χ0v) is 12.9. The Balaban J connectivity index is 2.57. The van der Waals surface area contributed by atoms with Crippen LogP contribution in [-0.4, -0.2) is 45.5 Å². The minimum atomic E-state index is -0.555. The topological polar surface area (TPSA) is 110 Å². The number of nitrogens with two attached hydrogens (primary N) is 1. The normalized spacial score (nSPS) is 12.4. The van der Waals surface area contributed by atoms with Gasteiger partial charge in [-0.1, -0.05) is 13.8 Å². The van der Waals surface area contributed by atoms with Crippen molar-refractivity contribution in [2.45, 2.75) is 39.7 Å². The zero-order valence-electron chi connectivity index (χ0n) is 12.9. The first-order valence-electron chi connectivity index (χ1n) is 7.23. The molecule has 0 aliphatic carbocycles. The molecular weight excluding hydrogens is 272 g/mol. The Bertz CT molecular complexity index is 464. The van der Waals surface area contributed by atoms with E-state index in [4.69, 9.17) is 5.73 Å². The van der Waals surface area contributed by atoms with Crippen LogP contribution >= 0.6 is 0 Å². The van der Waals surface area contributed by atoms with Crippen LogP contribution in [0.2, 0.25) is 0 Å². The number of hydrogen-bond donors (Lipinski definition) is 2. The molecule has 0 aromatic carbocycles. The van der Waals surface area contributed by atoms with Gasteiger partial charge < -0.3 is 16.0 Å². The molecule has 0 amide bonds. The largest absolute Gasteiger partial charge is 0.378 e. The highest BCUT2D eigenvalue weighted by atomic mass is 16.6. The van der Waals surface area contributed by atoms with Gasteiger partial charge in [-0.2, -0.15) is 0 Å². The Kier molecular flexibility index (Phi) is 6.80. The molecule has 3 N–H and O–H groups in total. The van der Waals surface area contributed by atoms with Gasteiger partial charge in [0, 0.05) is 6.04 Å². The highest BCUT2D eigenvalue weighted by Gasteiger charge is 2.21. The van der Waals surface area contributed by atoms with Crippen molar-refractivity contribution >= 4 is 17.3 Å². The van der Waals surface area contributed by atoms with Crippen molar-refractivity contribution in [1.29, 1.82) is 0 Å². The van der Waals surface area contributed by atoms with E-state index >= 15 is 0 Å². The number of hydrogen-bond acceptors (Lipinski definition) is 7. The number of anilines is 2. The quantitative estimate of drug-likeness (QED) is 0.528. The molecule has 0 unspecified atom stereocenters. The molecule has 8 nitrogen and oxygen atoms in total. The van der Waals surface area contributed by atoms with E-state index in [1.807, 2.05) is 6.92 Å². The summed E-state index contributed by atoms with van der Waals surface area (Å²) in [5, 5.41) is 14.1. The van der Waals surface area contributed by atoms with Crippen LogP contribution in [0.3, 0.4) is 0 Å². The summed E-state index contributed by atoms with van der Waals surface area (Å²) in [4.78, 5) is 20.4. The molecule has 8 heteroatoms. The second-order valence-electron chi connectivity index (χ2n) is 4.93. The lowest BCUT2D eigenvalue weighted by Crippen LogP contribution is -2.26. The van der Waals surface area contributed by atoms with Gasteiger partial charge in [-0.3, -0.25) is 10.1 Å². The lowest BCUT2D eigenvalue weighted by molar-refractivity contribution is -0.383. The van der Waals surface area contributed by atoms with Gasteiger partial charge in [0.1, 0.15) is 6.33 Å². The van der Waals surface area contributed by atoms with E-state index in [-0.39, 0.29) is 23.4 Å². The second kappa shape index (κ2) is 8.35. The lowest BCUT2D eigenvalue weighted by atomic mass is 10.1. The average molecular weight is 296 g/mol. The minimum Gasteiger partial charge on any atom is -0.378 e. The van der Waals surface area contributed by atoms with Crippen LogP contribution in [0.25, 0.3) is 0 Å². The maximum atomic E-state index is 11.0. The summed E-state index contributed by atoms with van der Waals surface area (Å²) in [5.41, 5.74) is 5.28. The van der Waals surface area contributed by atoms with E-state index in [9.17, 15) is 10.1 Å². The van der Waals surface area contributed by atoms with Crippen LogP contribution in [-0.2, 0) is 0 Å². The maximum Gasteiger partial charge on any atom is 0.352 e. The molecule has 0 aliphatic heterocycles. The van der Waals surface area contributed by atoms with Crippen LogP contribution in [0.4, 0.5) is 17.3 Å². The fourth-order valence-electron chi connectivity index (χ4n) is 2.14. The number of rotatable bonds is 9. The summed E-state index contributed by atoms with van der Waals surface area (Å²) in [6, 6.07) is 0.0774. The van der Waals surface area contributed by atoms with Crippen LogP contribution < -0.4 is 11.1 Å². The molecule has 0 spiro atoms. The number of nitrogen functional groups attached to an aromatic ring is 1. The Morgan fingerprint density at radius 2 is 2.10 bits per heavy atom. The van der Waals surface area contributed by atoms with Crippen molar-refractivity contribution in [3.05, 3.63) is 16.4 Å². The third-order valence-electron chi connectivity index (χ3n) is 3.42. The smallest absolute Gasteiger partial charge is 0.352 e. The molecule has 0 aliphatic rings. The fraction of sp³-hybridized carbons (Fsp3) is 0.692. The molecule has 0 saturated heterocycles. The van der Waals surface area contributed by atoms with E-state index < -0.39 is 4.92 Å². The zero-order chi connectivity index (χ0) is 15.8. The number of aromatic nitrogens is 2. The molecule has 1 heterocycles. The Hall–Kier alpha value is -1.96. The lowest BCUT2D eigenvalue weighted by Gasteiger charge is -2.20. The number of nitro groups is 1. The van der Waals surface area contributed by atoms with Gasteiger partial charge >= 0.3 is 5.69 Å². The van der Waals surface area contributed by atoms with Crippen molar-refractivity contribution in [3.63, 3.8) is 0 Å². The third-order valence-corrected chi connectivity index (χ3v) is 3.42. The van der Waals surface area contributed by atoms with Gasteiger partial charge in [0.15, 0.2) is 0 Å². The average Bonchev–Trinajstić information content (AvgIpc) is 2.43. The summed E-state index contributed by atoms with van der Waals surface area (Å²) in [6.07, 6.45) is 3.15. The van der Waals surface area contributed by atoms with Crippen LogP contribution in [0.1, 0.15) is 33.6 Å². The van der Waals surface area contributed by atoms with Gasteiger partial charge in [0.05, 0.1) is 4.92 Å². The van der Waals surface area contributed by atoms with Gasteiger partial charge in [-0.05, 0) is 39.4 Å². The van der Waals surface area contributed by atoms with Gasteiger partial charge in [-0.15, -0.1) is 0 Å².